The van der Waals surface area contributed by atoms with Crippen LogP contribution in [-0.4, -0.2) is 26.3 Å². The van der Waals surface area contributed by atoms with E-state index in [2.05, 4.69) is 0 Å². The SMILES string of the molecule is Oc1ccccc1O.[B].[B]1Oc2ccccc2O1. The van der Waals surface area contributed by atoms with Gasteiger partial charge in [-0.05, 0) is 24.3 Å². The Bertz CT molecular complexity index is 461. The van der Waals surface area contributed by atoms with Crippen LogP contribution in [0.25, 0.3) is 0 Å². The van der Waals surface area contributed by atoms with E-state index in [1.165, 1.54) is 19.8 Å². The lowest BCUT2D eigenvalue weighted by Gasteiger charge is -1.92. The van der Waals surface area contributed by atoms with Crippen molar-refractivity contribution in [2.24, 2.45) is 0 Å². The van der Waals surface area contributed by atoms with Crippen LogP contribution in [0.3, 0.4) is 0 Å². The van der Waals surface area contributed by atoms with Crippen molar-refractivity contribution in [3.63, 3.8) is 0 Å². The van der Waals surface area contributed by atoms with Crippen molar-refractivity contribution in [3.05, 3.63) is 48.5 Å². The number of phenolic OH excluding ortho intramolecular Hbond substituents is 2. The second kappa shape index (κ2) is 6.49. The molecule has 0 saturated carbocycles. The van der Waals surface area contributed by atoms with E-state index < -0.39 is 0 Å². The lowest BCUT2D eigenvalue weighted by molar-refractivity contribution is 0.404. The van der Waals surface area contributed by atoms with Crippen LogP contribution in [0.2, 0.25) is 0 Å². The Morgan fingerprint density at radius 3 is 1.50 bits per heavy atom. The highest BCUT2D eigenvalue weighted by atomic mass is 16.6. The van der Waals surface area contributed by atoms with E-state index in [0.29, 0.717) is 0 Å². The summed E-state index contributed by atoms with van der Waals surface area (Å²) in [5.41, 5.74) is 0. The second-order valence-corrected chi connectivity index (χ2v) is 3.27. The minimum absolute atomic E-state index is 0. The summed E-state index contributed by atoms with van der Waals surface area (Å²) in [5.74, 6) is 1.43. The smallest absolute Gasteiger partial charge is 0.524 e. The van der Waals surface area contributed by atoms with Crippen molar-refractivity contribution in [1.82, 2.24) is 0 Å². The number of benzene rings is 2. The molecule has 3 rings (SSSR count). The molecule has 88 valence electrons. The molecule has 2 aromatic rings. The molecule has 0 bridgehead atoms. The average Bonchev–Trinajstić information content (AvgIpc) is 2.82. The highest BCUT2D eigenvalue weighted by Crippen LogP contribution is 2.29. The lowest BCUT2D eigenvalue weighted by atomic mass is 10.3. The van der Waals surface area contributed by atoms with E-state index in [9.17, 15) is 0 Å². The van der Waals surface area contributed by atoms with Crippen LogP contribution in [-0.2, 0) is 0 Å². The highest BCUT2D eigenvalue weighted by molar-refractivity contribution is 6.22. The monoisotopic (exact) mass is 240 g/mol. The number of fused-ring (bicyclic) bond motifs is 1. The van der Waals surface area contributed by atoms with Crippen molar-refractivity contribution in [1.29, 1.82) is 0 Å². The van der Waals surface area contributed by atoms with Crippen LogP contribution in [0.1, 0.15) is 0 Å². The fraction of sp³-hybridized carbons (Fsp3) is 0. The normalized spacial score (nSPS) is 10.4. The van der Waals surface area contributed by atoms with Crippen molar-refractivity contribution in [3.8, 4) is 23.0 Å². The fourth-order valence-corrected chi connectivity index (χ4v) is 1.24. The molecule has 2 aromatic carbocycles. The predicted molar refractivity (Wildman–Crippen MR) is 69.0 cm³/mol. The summed E-state index contributed by atoms with van der Waals surface area (Å²) in [6.07, 6.45) is 0. The number of para-hydroxylation sites is 4. The summed E-state index contributed by atoms with van der Waals surface area (Å²) >= 11 is 0. The fourth-order valence-electron chi connectivity index (χ4n) is 1.24. The molecule has 0 aromatic heterocycles. The van der Waals surface area contributed by atoms with Crippen LogP contribution in [0.4, 0.5) is 0 Å². The molecule has 0 amide bonds. The minimum atomic E-state index is -0.0764. The van der Waals surface area contributed by atoms with Crippen molar-refractivity contribution >= 4 is 16.1 Å². The van der Waals surface area contributed by atoms with Gasteiger partial charge in [0.05, 0.1) is 0 Å². The van der Waals surface area contributed by atoms with Crippen molar-refractivity contribution < 1.29 is 19.5 Å². The minimum Gasteiger partial charge on any atom is -0.524 e. The van der Waals surface area contributed by atoms with Gasteiger partial charge in [-0.2, -0.15) is 0 Å². The molecule has 4 nitrogen and oxygen atoms in total. The van der Waals surface area contributed by atoms with Gasteiger partial charge in [-0.3, -0.25) is 0 Å². The van der Waals surface area contributed by atoms with E-state index in [-0.39, 0.29) is 19.9 Å². The molecule has 1 aliphatic heterocycles. The Morgan fingerprint density at radius 2 is 1.11 bits per heavy atom. The van der Waals surface area contributed by atoms with Crippen molar-refractivity contribution in [2.45, 2.75) is 0 Å². The van der Waals surface area contributed by atoms with Crippen LogP contribution in [0, 0.1) is 0 Å². The first kappa shape index (κ1) is 13.8. The molecule has 0 fully saturated rings. The molecule has 0 atom stereocenters. The summed E-state index contributed by atoms with van der Waals surface area (Å²) in [7, 11) is 1.32. The Morgan fingerprint density at radius 1 is 0.722 bits per heavy atom. The number of rotatable bonds is 0. The first-order chi connectivity index (χ1) is 8.27. The third-order valence-electron chi connectivity index (χ3n) is 2.08. The van der Waals surface area contributed by atoms with E-state index >= 15 is 0 Å². The summed E-state index contributed by atoms with van der Waals surface area (Å²) in [4.78, 5) is 0. The maximum absolute atomic E-state index is 8.67. The van der Waals surface area contributed by atoms with E-state index in [1.54, 1.807) is 12.1 Å². The average molecular weight is 240 g/mol. The highest BCUT2D eigenvalue weighted by Gasteiger charge is 2.14. The molecule has 0 unspecified atom stereocenters. The van der Waals surface area contributed by atoms with Gasteiger partial charge in [0.25, 0.3) is 0 Å². The Balaban J connectivity index is 0.000000172. The summed E-state index contributed by atoms with van der Waals surface area (Å²) in [6, 6.07) is 13.7. The van der Waals surface area contributed by atoms with Gasteiger partial charge >= 0.3 is 7.69 Å². The van der Waals surface area contributed by atoms with E-state index in [1.807, 2.05) is 24.3 Å². The number of hydrogen-bond donors (Lipinski definition) is 2. The zero-order valence-corrected chi connectivity index (χ0v) is 9.48. The Labute approximate surface area is 108 Å². The molecule has 6 heteroatoms. The summed E-state index contributed by atoms with van der Waals surface area (Å²) in [6.45, 7) is 0. The molecule has 0 aliphatic carbocycles. The van der Waals surface area contributed by atoms with Gasteiger partial charge in [-0.1, -0.05) is 24.3 Å². The lowest BCUT2D eigenvalue weighted by Crippen LogP contribution is -1.99. The first-order valence-corrected chi connectivity index (χ1v) is 4.98. The molecule has 1 aliphatic rings. The molecular formula is C12H10B2O4. The van der Waals surface area contributed by atoms with Crippen LogP contribution >= 0.6 is 0 Å². The third kappa shape index (κ3) is 3.38. The number of aromatic hydroxyl groups is 2. The summed E-state index contributed by atoms with van der Waals surface area (Å²) in [5, 5.41) is 17.3. The second-order valence-electron chi connectivity index (χ2n) is 3.27. The Hall–Kier alpha value is -2.23. The molecule has 1 heterocycles. The van der Waals surface area contributed by atoms with Gasteiger partial charge in [0.2, 0.25) is 0 Å². The van der Waals surface area contributed by atoms with Gasteiger partial charge < -0.3 is 19.5 Å². The van der Waals surface area contributed by atoms with Crippen LogP contribution < -0.4 is 9.31 Å². The largest absolute Gasteiger partial charge is 0.658 e. The topological polar surface area (TPSA) is 58.9 Å². The Kier molecular flexibility index (Phi) is 4.99. The quantitative estimate of drug-likeness (QED) is 0.543. The van der Waals surface area contributed by atoms with Crippen LogP contribution in [0.15, 0.2) is 48.5 Å². The van der Waals surface area contributed by atoms with E-state index in [0.717, 1.165) is 11.5 Å². The number of phenols is 2. The zero-order valence-electron chi connectivity index (χ0n) is 9.48. The molecule has 4 radical (unpaired) electrons. The molecule has 0 saturated heterocycles. The third-order valence-corrected chi connectivity index (χ3v) is 2.08. The number of hydrogen-bond acceptors (Lipinski definition) is 4. The molecular weight excluding hydrogens is 230 g/mol. The van der Waals surface area contributed by atoms with Gasteiger partial charge in [0.15, 0.2) is 11.5 Å². The van der Waals surface area contributed by atoms with Gasteiger partial charge in [-0.25, -0.2) is 0 Å². The first-order valence-electron chi connectivity index (χ1n) is 4.98. The maximum atomic E-state index is 8.67. The predicted octanol–water partition coefficient (Wildman–Crippen LogP) is 1.71. The molecule has 2 N–H and O–H groups in total. The standard InChI is InChI=1S/C6H4BO2.C6H6O2.B/c1-2-4-6-5(3-1)8-7-9-6;7-5-3-1-2-4-6(5)8;/h1-4H;1-4,7-8H;. The van der Waals surface area contributed by atoms with Gasteiger partial charge in [0, 0.05) is 8.41 Å². The van der Waals surface area contributed by atoms with Crippen LogP contribution in [0.5, 0.6) is 23.0 Å². The van der Waals surface area contributed by atoms with Gasteiger partial charge in [0.1, 0.15) is 11.5 Å². The maximum Gasteiger partial charge on any atom is 0.658 e. The molecule has 18 heavy (non-hydrogen) atoms. The molecule has 0 spiro atoms. The summed E-state index contributed by atoms with van der Waals surface area (Å²) < 4.78 is 9.90. The zero-order chi connectivity index (χ0) is 12.1. The van der Waals surface area contributed by atoms with Crippen molar-refractivity contribution in [2.75, 3.05) is 0 Å². The van der Waals surface area contributed by atoms with Gasteiger partial charge in [-0.15, -0.1) is 0 Å². The van der Waals surface area contributed by atoms with E-state index in [4.69, 9.17) is 19.5 Å².